The van der Waals surface area contributed by atoms with Crippen molar-refractivity contribution in [3.63, 3.8) is 0 Å². The van der Waals surface area contributed by atoms with E-state index in [0.717, 1.165) is 10.7 Å². The molecule has 1 aliphatic heterocycles. The molecule has 19 heavy (non-hydrogen) atoms. The third kappa shape index (κ3) is 3.25. The molecule has 0 aromatic carbocycles. The van der Waals surface area contributed by atoms with Crippen molar-refractivity contribution in [1.82, 2.24) is 20.0 Å². The van der Waals surface area contributed by atoms with Crippen LogP contribution < -0.4 is 5.32 Å². The average Bonchev–Trinajstić information content (AvgIpc) is 2.72. The second-order valence-corrected chi connectivity index (χ2v) is 4.46. The Morgan fingerprint density at radius 3 is 2.58 bits per heavy atom. The Kier molecular flexibility index (Phi) is 3.79. The van der Waals surface area contributed by atoms with E-state index >= 15 is 0 Å². The predicted octanol–water partition coefficient (Wildman–Crippen LogP) is 0.642. The molecule has 2 rings (SSSR count). The van der Waals surface area contributed by atoms with Gasteiger partial charge in [-0.1, -0.05) is 0 Å². The largest absolute Gasteiger partial charge is 0.435 e. The second-order valence-electron chi connectivity index (χ2n) is 4.46. The normalized spacial score (nSPS) is 16.7. The summed E-state index contributed by atoms with van der Waals surface area (Å²) < 4.78 is 38.6. The number of piperazine rings is 1. The lowest BCUT2D eigenvalue weighted by molar-refractivity contribution is -0.142. The first kappa shape index (κ1) is 13.9. The molecule has 0 saturated carbocycles. The lowest BCUT2D eigenvalue weighted by Crippen LogP contribution is -2.47. The molecule has 0 atom stereocenters. The van der Waals surface area contributed by atoms with Gasteiger partial charge >= 0.3 is 6.18 Å². The third-order valence-electron chi connectivity index (χ3n) is 3.03. The molecule has 1 N–H and O–H groups in total. The van der Waals surface area contributed by atoms with Gasteiger partial charge in [0.2, 0.25) is 5.91 Å². The quantitative estimate of drug-likeness (QED) is 0.862. The number of alkyl halides is 3. The van der Waals surface area contributed by atoms with E-state index in [-0.39, 0.29) is 12.5 Å². The van der Waals surface area contributed by atoms with Gasteiger partial charge in [0.15, 0.2) is 5.69 Å². The minimum Gasteiger partial charge on any atom is -0.339 e. The molecule has 0 spiro atoms. The van der Waals surface area contributed by atoms with Crippen LogP contribution in [0.1, 0.15) is 11.4 Å². The fourth-order valence-corrected chi connectivity index (χ4v) is 1.95. The summed E-state index contributed by atoms with van der Waals surface area (Å²) in [6.07, 6.45) is -4.48. The molecule has 106 valence electrons. The molecule has 1 aromatic heterocycles. The van der Waals surface area contributed by atoms with Crippen molar-refractivity contribution in [2.24, 2.45) is 0 Å². The van der Waals surface area contributed by atoms with Crippen LogP contribution in [-0.2, 0) is 17.5 Å². The molecule has 1 saturated heterocycles. The Morgan fingerprint density at radius 1 is 1.42 bits per heavy atom. The molecular formula is C11H15F3N4O. The van der Waals surface area contributed by atoms with Crippen LogP contribution in [0.3, 0.4) is 0 Å². The van der Waals surface area contributed by atoms with Crippen LogP contribution in [0.15, 0.2) is 6.07 Å². The van der Waals surface area contributed by atoms with Crippen LogP contribution in [0.4, 0.5) is 13.2 Å². The van der Waals surface area contributed by atoms with Gasteiger partial charge in [0, 0.05) is 31.9 Å². The summed E-state index contributed by atoms with van der Waals surface area (Å²) in [5, 5.41) is 6.55. The van der Waals surface area contributed by atoms with Gasteiger partial charge in [-0.25, -0.2) is 0 Å². The summed E-state index contributed by atoms with van der Waals surface area (Å²) in [5.74, 6) is -0.207. The highest BCUT2D eigenvalue weighted by atomic mass is 19.4. The van der Waals surface area contributed by atoms with Crippen LogP contribution in [0.5, 0.6) is 0 Å². The Labute approximate surface area is 108 Å². The van der Waals surface area contributed by atoms with Crippen LogP contribution in [0.25, 0.3) is 0 Å². The number of aromatic nitrogens is 2. The summed E-state index contributed by atoms with van der Waals surface area (Å²) in [7, 11) is 0. The van der Waals surface area contributed by atoms with Crippen LogP contribution in [0.2, 0.25) is 0 Å². The number of carbonyl (C=O) groups excluding carboxylic acids is 1. The Morgan fingerprint density at radius 2 is 2.05 bits per heavy atom. The number of nitrogens with zero attached hydrogens (tertiary/aromatic N) is 3. The monoisotopic (exact) mass is 276 g/mol. The van der Waals surface area contributed by atoms with Gasteiger partial charge < -0.3 is 10.2 Å². The van der Waals surface area contributed by atoms with E-state index in [0.29, 0.717) is 31.9 Å². The molecule has 1 amide bonds. The maximum Gasteiger partial charge on any atom is 0.435 e. The van der Waals surface area contributed by atoms with Crippen molar-refractivity contribution in [1.29, 1.82) is 0 Å². The van der Waals surface area contributed by atoms with Crippen molar-refractivity contribution in [2.45, 2.75) is 19.6 Å². The van der Waals surface area contributed by atoms with Crippen molar-refractivity contribution in [3.8, 4) is 0 Å². The molecule has 1 fully saturated rings. The summed E-state index contributed by atoms with van der Waals surface area (Å²) in [6, 6.07) is 0.949. The maximum atomic E-state index is 12.5. The molecule has 0 radical (unpaired) electrons. The molecule has 0 unspecified atom stereocenters. The number of rotatable bonds is 2. The van der Waals surface area contributed by atoms with Crippen molar-refractivity contribution >= 4 is 5.91 Å². The minimum atomic E-state index is -4.48. The van der Waals surface area contributed by atoms with Crippen LogP contribution in [-0.4, -0.2) is 46.8 Å². The van der Waals surface area contributed by atoms with Crippen molar-refractivity contribution in [3.05, 3.63) is 17.5 Å². The lowest BCUT2D eigenvalue weighted by Gasteiger charge is -2.27. The van der Waals surface area contributed by atoms with Gasteiger partial charge in [0.25, 0.3) is 0 Å². The number of hydrogen-bond acceptors (Lipinski definition) is 3. The standard InChI is InChI=1S/C11H15F3N4O/c1-8-6-9(11(12,13)14)16-18(8)7-10(19)17-4-2-15-3-5-17/h6,15H,2-5,7H2,1H3. The molecule has 5 nitrogen and oxygen atoms in total. The molecule has 2 heterocycles. The first-order chi connectivity index (χ1) is 8.88. The fourth-order valence-electron chi connectivity index (χ4n) is 1.95. The van der Waals surface area contributed by atoms with Gasteiger partial charge in [0.1, 0.15) is 6.54 Å². The summed E-state index contributed by atoms with van der Waals surface area (Å²) >= 11 is 0. The zero-order chi connectivity index (χ0) is 14.0. The van der Waals surface area contributed by atoms with E-state index in [9.17, 15) is 18.0 Å². The smallest absolute Gasteiger partial charge is 0.339 e. The Hall–Kier alpha value is -1.57. The zero-order valence-corrected chi connectivity index (χ0v) is 10.5. The lowest BCUT2D eigenvalue weighted by atomic mass is 10.3. The highest BCUT2D eigenvalue weighted by Gasteiger charge is 2.34. The first-order valence-corrected chi connectivity index (χ1v) is 5.98. The molecule has 1 aliphatic rings. The van der Waals surface area contributed by atoms with E-state index in [4.69, 9.17) is 0 Å². The first-order valence-electron chi connectivity index (χ1n) is 5.98. The third-order valence-corrected chi connectivity index (χ3v) is 3.03. The number of aryl methyl sites for hydroxylation is 1. The fraction of sp³-hybridized carbons (Fsp3) is 0.636. The molecule has 0 aliphatic carbocycles. The highest BCUT2D eigenvalue weighted by Crippen LogP contribution is 2.28. The number of carbonyl (C=O) groups is 1. The van der Waals surface area contributed by atoms with E-state index in [2.05, 4.69) is 10.4 Å². The predicted molar refractivity (Wildman–Crippen MR) is 61.4 cm³/mol. The summed E-state index contributed by atoms with van der Waals surface area (Å²) in [6.45, 7) is 3.92. The van der Waals surface area contributed by atoms with Gasteiger partial charge in [-0.2, -0.15) is 18.3 Å². The number of amides is 1. The molecular weight excluding hydrogens is 261 g/mol. The number of hydrogen-bond donors (Lipinski definition) is 1. The second kappa shape index (κ2) is 5.20. The number of nitrogens with one attached hydrogen (secondary N) is 1. The average molecular weight is 276 g/mol. The highest BCUT2D eigenvalue weighted by molar-refractivity contribution is 5.76. The minimum absolute atomic E-state index is 0.151. The van der Waals surface area contributed by atoms with Gasteiger partial charge in [0.05, 0.1) is 0 Å². The summed E-state index contributed by atoms with van der Waals surface area (Å²) in [5.41, 5.74) is -0.631. The van der Waals surface area contributed by atoms with Crippen molar-refractivity contribution in [2.75, 3.05) is 26.2 Å². The van der Waals surface area contributed by atoms with E-state index in [1.54, 1.807) is 4.90 Å². The van der Waals surface area contributed by atoms with Crippen LogP contribution >= 0.6 is 0 Å². The maximum absolute atomic E-state index is 12.5. The van der Waals surface area contributed by atoms with Gasteiger partial charge in [-0.05, 0) is 13.0 Å². The van der Waals surface area contributed by atoms with E-state index in [1.165, 1.54) is 6.92 Å². The van der Waals surface area contributed by atoms with Gasteiger partial charge in [-0.3, -0.25) is 9.48 Å². The summed E-state index contributed by atoms with van der Waals surface area (Å²) in [4.78, 5) is 13.6. The zero-order valence-electron chi connectivity index (χ0n) is 10.5. The molecule has 0 bridgehead atoms. The Balaban J connectivity index is 2.06. The van der Waals surface area contributed by atoms with Crippen molar-refractivity contribution < 1.29 is 18.0 Å². The van der Waals surface area contributed by atoms with Crippen LogP contribution in [0, 0.1) is 6.92 Å². The SMILES string of the molecule is Cc1cc(C(F)(F)F)nn1CC(=O)N1CCNCC1. The van der Waals surface area contributed by atoms with Gasteiger partial charge in [-0.15, -0.1) is 0 Å². The molecule has 8 heteroatoms. The Bertz CT molecular complexity index is 463. The number of halogens is 3. The topological polar surface area (TPSA) is 50.2 Å². The van der Waals surface area contributed by atoms with E-state index in [1.807, 2.05) is 0 Å². The molecule has 1 aromatic rings. The van der Waals surface area contributed by atoms with E-state index < -0.39 is 11.9 Å².